The van der Waals surface area contributed by atoms with Crippen molar-refractivity contribution in [3.05, 3.63) is 47.1 Å². The third-order valence-corrected chi connectivity index (χ3v) is 4.91. The van der Waals surface area contributed by atoms with Crippen molar-refractivity contribution in [1.29, 1.82) is 0 Å². The van der Waals surface area contributed by atoms with Crippen molar-refractivity contribution in [1.82, 2.24) is 20.4 Å². The van der Waals surface area contributed by atoms with Crippen LogP contribution in [-0.4, -0.2) is 51.3 Å². The molecule has 1 fully saturated rings. The molecule has 2 N–H and O–H groups in total. The Labute approximate surface area is 153 Å². The van der Waals surface area contributed by atoms with E-state index in [9.17, 15) is 9.90 Å². The molecule has 2 aromatic heterocycles. The van der Waals surface area contributed by atoms with Gasteiger partial charge in [0.25, 0.3) is 0 Å². The number of nitrogens with zero attached hydrogens (tertiary/aromatic N) is 3. The van der Waals surface area contributed by atoms with Crippen LogP contribution in [0.15, 0.2) is 28.9 Å². The van der Waals surface area contributed by atoms with E-state index in [1.807, 2.05) is 32.0 Å². The van der Waals surface area contributed by atoms with E-state index >= 15 is 0 Å². The molecular weight excluding hydrogens is 332 g/mol. The van der Waals surface area contributed by atoms with Crippen molar-refractivity contribution in [2.24, 2.45) is 0 Å². The van der Waals surface area contributed by atoms with Crippen molar-refractivity contribution in [2.45, 2.75) is 51.8 Å². The SMILES string of the molecule is Cc1noc(C)c1CCC(=O)N[C@H]1CCN(Cc2ccccn2)C[C@@H]1O. The number of rotatable bonds is 6. The first kappa shape index (κ1) is 18.5. The zero-order chi connectivity index (χ0) is 18.5. The van der Waals surface area contributed by atoms with Crippen molar-refractivity contribution in [3.63, 3.8) is 0 Å². The number of amides is 1. The van der Waals surface area contributed by atoms with E-state index in [0.29, 0.717) is 25.9 Å². The maximum absolute atomic E-state index is 12.3. The summed E-state index contributed by atoms with van der Waals surface area (Å²) >= 11 is 0. The second kappa shape index (κ2) is 8.42. The molecule has 26 heavy (non-hydrogen) atoms. The number of hydrogen-bond acceptors (Lipinski definition) is 6. The van der Waals surface area contributed by atoms with E-state index in [0.717, 1.165) is 35.7 Å². The Morgan fingerprint density at radius 1 is 1.42 bits per heavy atom. The summed E-state index contributed by atoms with van der Waals surface area (Å²) in [4.78, 5) is 18.7. The summed E-state index contributed by atoms with van der Waals surface area (Å²) in [5, 5.41) is 17.3. The van der Waals surface area contributed by atoms with Crippen LogP contribution in [0.4, 0.5) is 0 Å². The molecule has 1 amide bonds. The first-order valence-corrected chi connectivity index (χ1v) is 9.04. The van der Waals surface area contributed by atoms with Crippen LogP contribution in [0.1, 0.15) is 35.6 Å². The number of aryl methyl sites for hydroxylation is 2. The molecule has 0 unspecified atom stereocenters. The normalized spacial score (nSPS) is 20.9. The number of β-amino-alcohol motifs (C(OH)–C–C–N with tert-alkyl or cyclic N) is 1. The third kappa shape index (κ3) is 4.68. The molecule has 1 aliphatic heterocycles. The molecule has 0 radical (unpaired) electrons. The van der Waals surface area contributed by atoms with Gasteiger partial charge in [0, 0.05) is 37.8 Å². The van der Waals surface area contributed by atoms with Crippen LogP contribution in [0.3, 0.4) is 0 Å². The number of aliphatic hydroxyl groups is 1. The van der Waals surface area contributed by atoms with Gasteiger partial charge in [-0.15, -0.1) is 0 Å². The van der Waals surface area contributed by atoms with E-state index in [-0.39, 0.29) is 11.9 Å². The van der Waals surface area contributed by atoms with Crippen molar-refractivity contribution >= 4 is 5.91 Å². The minimum absolute atomic E-state index is 0.0489. The van der Waals surface area contributed by atoms with Crippen LogP contribution >= 0.6 is 0 Å². The first-order chi connectivity index (χ1) is 12.5. The lowest BCUT2D eigenvalue weighted by Gasteiger charge is -2.36. The summed E-state index contributed by atoms with van der Waals surface area (Å²) < 4.78 is 5.12. The van der Waals surface area contributed by atoms with Gasteiger partial charge in [0.1, 0.15) is 5.76 Å². The fourth-order valence-corrected chi connectivity index (χ4v) is 3.41. The van der Waals surface area contributed by atoms with E-state index < -0.39 is 6.10 Å². The van der Waals surface area contributed by atoms with Gasteiger partial charge in [-0.2, -0.15) is 0 Å². The fourth-order valence-electron chi connectivity index (χ4n) is 3.41. The highest BCUT2D eigenvalue weighted by molar-refractivity contribution is 5.76. The van der Waals surface area contributed by atoms with Gasteiger partial charge in [-0.25, -0.2) is 0 Å². The molecule has 7 nitrogen and oxygen atoms in total. The van der Waals surface area contributed by atoms with E-state index in [1.54, 1.807) is 6.20 Å². The average Bonchev–Trinajstić information content (AvgIpc) is 2.94. The molecule has 0 aliphatic carbocycles. The van der Waals surface area contributed by atoms with Crippen LogP contribution < -0.4 is 5.32 Å². The number of hydrogen-bond donors (Lipinski definition) is 2. The van der Waals surface area contributed by atoms with Gasteiger partial charge < -0.3 is 14.9 Å². The standard InChI is InChI=1S/C19H26N4O3/c1-13-16(14(2)26-22-13)6-7-19(25)21-17-8-10-23(12-18(17)24)11-15-5-3-4-9-20-15/h3-5,9,17-18,24H,6-8,10-12H2,1-2H3,(H,21,25)/t17-,18-/m0/s1. The molecule has 3 heterocycles. The zero-order valence-corrected chi connectivity index (χ0v) is 15.3. The molecule has 2 aromatic rings. The van der Waals surface area contributed by atoms with Gasteiger partial charge in [-0.3, -0.25) is 14.7 Å². The van der Waals surface area contributed by atoms with E-state index in [4.69, 9.17) is 4.52 Å². The summed E-state index contributed by atoms with van der Waals surface area (Å²) in [5.74, 6) is 0.713. The second-order valence-corrected chi connectivity index (χ2v) is 6.89. The predicted octanol–water partition coefficient (Wildman–Crippen LogP) is 1.37. The van der Waals surface area contributed by atoms with Gasteiger partial charge >= 0.3 is 0 Å². The molecule has 0 saturated carbocycles. The highest BCUT2D eigenvalue weighted by Crippen LogP contribution is 2.16. The maximum atomic E-state index is 12.3. The van der Waals surface area contributed by atoms with Crippen LogP contribution in [0.2, 0.25) is 0 Å². The van der Waals surface area contributed by atoms with Crippen LogP contribution in [-0.2, 0) is 17.8 Å². The summed E-state index contributed by atoms with van der Waals surface area (Å²) in [6, 6.07) is 5.63. The highest BCUT2D eigenvalue weighted by Gasteiger charge is 2.29. The van der Waals surface area contributed by atoms with Gasteiger partial charge in [-0.05, 0) is 38.8 Å². The monoisotopic (exact) mass is 358 g/mol. The lowest BCUT2D eigenvalue weighted by atomic mass is 10.0. The molecular formula is C19H26N4O3. The number of carbonyl (C=O) groups is 1. The van der Waals surface area contributed by atoms with Gasteiger partial charge in [-0.1, -0.05) is 11.2 Å². The number of nitrogens with one attached hydrogen (secondary N) is 1. The molecule has 3 rings (SSSR count). The molecule has 0 aromatic carbocycles. The van der Waals surface area contributed by atoms with Gasteiger partial charge in [0.15, 0.2) is 0 Å². The quantitative estimate of drug-likeness (QED) is 0.810. The number of carbonyl (C=O) groups excluding carboxylic acids is 1. The molecule has 140 valence electrons. The van der Waals surface area contributed by atoms with Crippen molar-refractivity contribution in [2.75, 3.05) is 13.1 Å². The molecule has 1 aliphatic rings. The third-order valence-electron chi connectivity index (χ3n) is 4.91. The Bertz CT molecular complexity index is 712. The minimum Gasteiger partial charge on any atom is -0.390 e. The Kier molecular flexibility index (Phi) is 6.00. The largest absolute Gasteiger partial charge is 0.390 e. The minimum atomic E-state index is -0.574. The summed E-state index contributed by atoms with van der Waals surface area (Å²) in [5.41, 5.74) is 2.81. The number of piperidine rings is 1. The van der Waals surface area contributed by atoms with E-state index in [1.165, 1.54) is 0 Å². The molecule has 2 atom stereocenters. The first-order valence-electron chi connectivity index (χ1n) is 9.04. The lowest BCUT2D eigenvalue weighted by molar-refractivity contribution is -0.123. The summed E-state index contributed by atoms with van der Waals surface area (Å²) in [6.45, 7) is 5.80. The highest BCUT2D eigenvalue weighted by atomic mass is 16.5. The summed E-state index contributed by atoms with van der Waals surface area (Å²) in [7, 11) is 0. The fraction of sp³-hybridized carbons (Fsp3) is 0.526. The zero-order valence-electron chi connectivity index (χ0n) is 15.3. The average molecular weight is 358 g/mol. The topological polar surface area (TPSA) is 91.5 Å². The van der Waals surface area contributed by atoms with Gasteiger partial charge in [0.2, 0.25) is 5.91 Å². The van der Waals surface area contributed by atoms with Crippen LogP contribution in [0, 0.1) is 13.8 Å². The van der Waals surface area contributed by atoms with Crippen LogP contribution in [0.5, 0.6) is 0 Å². The van der Waals surface area contributed by atoms with Crippen LogP contribution in [0.25, 0.3) is 0 Å². The van der Waals surface area contributed by atoms with E-state index in [2.05, 4.69) is 20.4 Å². The number of likely N-dealkylation sites (tertiary alicyclic amines) is 1. The number of pyridine rings is 1. The Hall–Kier alpha value is -2.25. The molecule has 7 heteroatoms. The predicted molar refractivity (Wildman–Crippen MR) is 96.4 cm³/mol. The smallest absolute Gasteiger partial charge is 0.220 e. The van der Waals surface area contributed by atoms with Crippen molar-refractivity contribution < 1.29 is 14.4 Å². The second-order valence-electron chi connectivity index (χ2n) is 6.89. The lowest BCUT2D eigenvalue weighted by Crippen LogP contribution is -2.53. The summed E-state index contributed by atoms with van der Waals surface area (Å²) in [6.07, 6.45) is 2.89. The Morgan fingerprint density at radius 3 is 2.92 bits per heavy atom. The molecule has 1 saturated heterocycles. The molecule has 0 spiro atoms. The van der Waals surface area contributed by atoms with Gasteiger partial charge in [0.05, 0.1) is 23.5 Å². The number of aliphatic hydroxyl groups excluding tert-OH is 1. The molecule has 0 bridgehead atoms. The number of aromatic nitrogens is 2. The Morgan fingerprint density at radius 2 is 2.27 bits per heavy atom. The van der Waals surface area contributed by atoms with Crippen molar-refractivity contribution in [3.8, 4) is 0 Å². The maximum Gasteiger partial charge on any atom is 0.220 e. The Balaban J connectivity index is 1.45.